The number of amides is 1. The number of hydrogen-bond acceptors (Lipinski definition) is 18. The third-order valence-corrected chi connectivity index (χ3v) is 15.6. The van der Waals surface area contributed by atoms with Gasteiger partial charge in [-0.15, -0.1) is 0 Å². The number of halogens is 1. The van der Waals surface area contributed by atoms with Crippen molar-refractivity contribution in [2.75, 3.05) is 31.0 Å². The zero-order valence-electron chi connectivity index (χ0n) is 45.6. The fourth-order valence-corrected chi connectivity index (χ4v) is 10.9. The molecule has 21 nitrogen and oxygen atoms in total. The highest BCUT2D eigenvalue weighted by Crippen LogP contribution is 2.55. The molecule has 0 saturated heterocycles. The number of ether oxygens (including phenoxy) is 5. The first-order valence-electron chi connectivity index (χ1n) is 26.1. The summed E-state index contributed by atoms with van der Waals surface area (Å²) in [6.45, 7) is 12.2. The summed E-state index contributed by atoms with van der Waals surface area (Å²) in [6, 6.07) is 0.892. The van der Waals surface area contributed by atoms with Crippen LogP contribution in [0.15, 0.2) is 65.1 Å². The predicted octanol–water partition coefficient (Wildman–Crippen LogP) is 6.99. The van der Waals surface area contributed by atoms with Crippen molar-refractivity contribution in [3.63, 3.8) is 0 Å². The molecule has 9 rings (SSSR count). The van der Waals surface area contributed by atoms with E-state index in [1.54, 1.807) is 49.4 Å². The Labute approximate surface area is 454 Å². The number of pyridine rings is 1. The number of aliphatic hydroxyl groups is 2. The van der Waals surface area contributed by atoms with Crippen molar-refractivity contribution in [2.24, 2.45) is 23.7 Å². The molecule has 0 unspecified atom stereocenters. The minimum absolute atomic E-state index is 0.00248. The number of fused-ring (bicyclic) bond motifs is 15. The van der Waals surface area contributed by atoms with Crippen molar-refractivity contribution in [1.82, 2.24) is 15.4 Å². The highest BCUT2D eigenvalue weighted by atomic mass is 19.1. The number of phenolic OH excluding ortho intramolecular Hbond substituents is 3. The topological polar surface area (TPSA) is 297 Å². The number of aromatic nitrogens is 1. The van der Waals surface area contributed by atoms with E-state index in [-0.39, 0.29) is 67.5 Å². The number of benzene rings is 3. The largest absolute Gasteiger partial charge is 0.507 e. The maximum atomic E-state index is 16.4. The van der Waals surface area contributed by atoms with Crippen LogP contribution in [0.2, 0.25) is 0 Å². The van der Waals surface area contributed by atoms with Crippen LogP contribution in [0.3, 0.4) is 0 Å². The van der Waals surface area contributed by atoms with Crippen LogP contribution in [0.25, 0.3) is 21.7 Å². The van der Waals surface area contributed by atoms with Gasteiger partial charge in [0.15, 0.2) is 17.3 Å². The van der Waals surface area contributed by atoms with E-state index in [0.29, 0.717) is 37.9 Å². The highest BCUT2D eigenvalue weighted by Gasteiger charge is 2.50. The number of carboxylic acid groups (broad SMARTS) is 1. The zero-order chi connectivity index (χ0) is 57.7. The van der Waals surface area contributed by atoms with Gasteiger partial charge in [-0.1, -0.05) is 45.9 Å². The number of ketones is 1. The van der Waals surface area contributed by atoms with Crippen molar-refractivity contribution in [2.45, 2.75) is 124 Å². The Morgan fingerprint density at radius 3 is 2.32 bits per heavy atom. The van der Waals surface area contributed by atoms with Crippen molar-refractivity contribution < 1.29 is 77.9 Å². The molecule has 4 aromatic rings. The molecule has 3 aromatic carbocycles. The molecule has 1 aliphatic carbocycles. The summed E-state index contributed by atoms with van der Waals surface area (Å²) in [5.74, 6) is -11.5. The number of hydrazine groups is 1. The number of carboxylic acids is 1. The average Bonchev–Trinajstić information content (AvgIpc) is 4.46. The Hall–Kier alpha value is -7.66. The molecule has 5 heterocycles. The molecular formula is C57H68FN5O16. The first-order valence-corrected chi connectivity index (χ1v) is 26.1. The number of hydrogen-bond donors (Lipinski definition) is 9. The molecule has 1 fully saturated rings. The molecule has 1 saturated carbocycles. The lowest BCUT2D eigenvalue weighted by Gasteiger charge is -2.38. The number of carbonyl (C=O) groups excluding carboxylic acids is 3. The van der Waals surface area contributed by atoms with E-state index in [1.807, 2.05) is 0 Å². The van der Waals surface area contributed by atoms with Crippen molar-refractivity contribution >= 4 is 56.7 Å². The van der Waals surface area contributed by atoms with E-state index < -0.39 is 123 Å². The van der Waals surface area contributed by atoms with Gasteiger partial charge in [-0.05, 0) is 51.7 Å². The van der Waals surface area contributed by atoms with Crippen LogP contribution in [-0.2, 0) is 30.3 Å². The van der Waals surface area contributed by atoms with Crippen molar-refractivity contribution in [1.29, 1.82) is 0 Å². The normalized spacial score (nSPS) is 25.9. The van der Waals surface area contributed by atoms with Crippen LogP contribution < -0.4 is 36.0 Å². The number of aromatic carboxylic acids is 1. The number of Topliss-reactive ketones (excluding diaryl/α,β-unsaturated/α-hetero) is 1. The van der Waals surface area contributed by atoms with E-state index in [2.05, 4.69) is 16.2 Å². The second-order valence-corrected chi connectivity index (χ2v) is 21.1. The molecule has 9 atom stereocenters. The van der Waals surface area contributed by atoms with Gasteiger partial charge >= 0.3 is 17.7 Å². The molecule has 0 spiro atoms. The lowest BCUT2D eigenvalue weighted by atomic mass is 9.78. The number of anilines is 2. The summed E-state index contributed by atoms with van der Waals surface area (Å²) < 4.78 is 47.6. The predicted molar refractivity (Wildman–Crippen MR) is 288 cm³/mol. The minimum atomic E-state index is -2.14. The summed E-state index contributed by atoms with van der Waals surface area (Å²) in [6.07, 6.45) is 8.32. The fraction of sp³-hybridized carbons (Fsp3) is 0.456. The monoisotopic (exact) mass is 1100 g/mol. The van der Waals surface area contributed by atoms with E-state index >= 15 is 4.39 Å². The van der Waals surface area contributed by atoms with E-state index in [9.17, 15) is 54.6 Å². The third kappa shape index (κ3) is 10.7. The molecule has 4 aliphatic heterocycles. The number of esters is 1. The Morgan fingerprint density at radius 1 is 0.962 bits per heavy atom. The molecule has 9 N–H and O–H groups in total. The first kappa shape index (κ1) is 57.5. The van der Waals surface area contributed by atoms with Crippen LogP contribution in [0.4, 0.5) is 15.8 Å². The summed E-state index contributed by atoms with van der Waals surface area (Å²) in [5.41, 5.74) is 4.77. The molecule has 424 valence electrons. The molecule has 22 heteroatoms. The standard InChI is InChI=1S/C57H68FN5O16/c1-25-13-11-14-26(2)55(72)60-42-35(22-59-61-32-15-12-19-62(23-32)44-37(58)21-34-43(53(44)76-10)63(33-16-17-33)24-36(48(34)68)56(73)74)49(69)39-40(50(42)70)47(67)30(6)52-41(39)54(71)57(8,79-52)77-20-18-38(75-9)27(3)51(78-31(7)64)29(5)46(66)28(4)45(25)65/h11,13-14,18,20-21,23-25,27-29,33,38,45-46,51,59,61,65-67,69-70H,12,15-17,19,22H2,1-10H3,(H,60,72)(H,73,74)/t25-,27+,28+,29+,38-,45-,46+,51+,57-/m0/s1. The van der Waals surface area contributed by atoms with Gasteiger partial charge in [0.25, 0.3) is 11.7 Å². The second-order valence-electron chi connectivity index (χ2n) is 21.1. The second kappa shape index (κ2) is 22.6. The van der Waals surface area contributed by atoms with Gasteiger partial charge in [0.2, 0.25) is 5.43 Å². The van der Waals surface area contributed by atoms with Gasteiger partial charge in [-0.2, -0.15) is 0 Å². The van der Waals surface area contributed by atoms with Gasteiger partial charge in [-0.3, -0.25) is 19.2 Å². The number of nitrogens with one attached hydrogen (secondary N) is 3. The molecule has 5 bridgehead atoms. The van der Waals surface area contributed by atoms with Gasteiger partial charge in [-0.25, -0.2) is 14.6 Å². The molecule has 1 aromatic heterocycles. The smallest absolute Gasteiger partial charge is 0.341 e. The molecule has 5 aliphatic rings. The number of nitrogens with zero attached hydrogens (tertiary/aromatic N) is 2. The fourth-order valence-electron chi connectivity index (χ4n) is 10.9. The Morgan fingerprint density at radius 2 is 1.67 bits per heavy atom. The van der Waals surface area contributed by atoms with Crippen molar-refractivity contribution in [3.8, 4) is 28.7 Å². The van der Waals surface area contributed by atoms with Crippen LogP contribution in [-0.4, -0.2) is 110 Å². The van der Waals surface area contributed by atoms with Crippen LogP contribution in [0.1, 0.15) is 112 Å². The van der Waals surface area contributed by atoms with Gasteiger partial charge in [0.05, 0.1) is 59.2 Å². The number of phenols is 3. The Balaban J connectivity index is 1.20. The number of rotatable bonds is 10. The lowest BCUT2D eigenvalue weighted by Crippen LogP contribution is -2.46. The number of aromatic hydroxyl groups is 3. The lowest BCUT2D eigenvalue weighted by molar-refractivity contribution is -0.160. The van der Waals surface area contributed by atoms with E-state index in [4.69, 9.17) is 23.7 Å². The maximum Gasteiger partial charge on any atom is 0.341 e. The molecule has 79 heavy (non-hydrogen) atoms. The summed E-state index contributed by atoms with van der Waals surface area (Å²) in [4.78, 5) is 68.3. The number of allylic oxidation sites excluding steroid dienone is 3. The summed E-state index contributed by atoms with van der Waals surface area (Å²) >= 11 is 0. The van der Waals surface area contributed by atoms with Crippen LogP contribution in [0.5, 0.6) is 28.7 Å². The third-order valence-electron chi connectivity index (χ3n) is 15.6. The van der Waals surface area contributed by atoms with E-state index in [0.717, 1.165) is 12.3 Å². The molecule has 0 radical (unpaired) electrons. The Kier molecular flexibility index (Phi) is 16.5. The quantitative estimate of drug-likeness (QED) is 0.0335. The average molecular weight is 1100 g/mol. The SMILES string of the molecule is COc1c(N2C=C(NNCc3c4c(O)c5c(O)c(C)c6c(c5c3O)C(=O)[C@@](C)(OC=C[C@H](OC)[C@@H](C)[C@@H](OC(C)=O)[C@H](C)[C@H](O)[C@H](C)[C@@H](O)[C@@H](C)C=CC=C(C)C(=O)N4)O6)CCC2)c(F)cc2c(=O)c(C(=O)O)cn(C3CC3)c12. The van der Waals surface area contributed by atoms with Gasteiger partial charge in [0, 0.05) is 104 Å². The summed E-state index contributed by atoms with van der Waals surface area (Å²) in [5, 5.41) is 71.2. The number of methoxy groups -OCH3 is 2. The van der Waals surface area contributed by atoms with Gasteiger partial charge in [0.1, 0.15) is 34.6 Å². The van der Waals surface area contributed by atoms with Crippen LogP contribution in [0, 0.1) is 36.4 Å². The maximum absolute atomic E-state index is 16.4. The van der Waals surface area contributed by atoms with Crippen LogP contribution >= 0.6 is 0 Å². The van der Waals surface area contributed by atoms with Crippen molar-refractivity contribution in [3.05, 3.63) is 98.6 Å². The summed E-state index contributed by atoms with van der Waals surface area (Å²) in [7, 11) is 2.74. The minimum Gasteiger partial charge on any atom is -0.507 e. The zero-order valence-corrected chi connectivity index (χ0v) is 45.6. The van der Waals surface area contributed by atoms with E-state index in [1.165, 1.54) is 66.3 Å². The first-order chi connectivity index (χ1) is 37.4. The van der Waals surface area contributed by atoms with Gasteiger partial charge < -0.3 is 74.5 Å². The number of aliphatic hydroxyl groups excluding tert-OH is 2. The Bertz CT molecular complexity index is 3330. The molecule has 1 amide bonds. The highest BCUT2D eigenvalue weighted by molar-refractivity contribution is 6.22. The molecular weight excluding hydrogens is 1030 g/mol. The number of carbonyl (C=O) groups is 4.